The number of nitrogens with two attached hydrogens (primary N) is 1. The predicted octanol–water partition coefficient (Wildman–Crippen LogP) is 3.20. The smallest absolute Gasteiger partial charge is 0.341 e. The number of aromatic nitrogens is 1. The van der Waals surface area contributed by atoms with Crippen LogP contribution in [0.2, 0.25) is 0 Å². The van der Waals surface area contributed by atoms with Gasteiger partial charge < -0.3 is 15.8 Å². The minimum Gasteiger partial charge on any atom is -0.462 e. The fourth-order valence-electron chi connectivity index (χ4n) is 1.90. The molecule has 1 aromatic heterocycles. The van der Waals surface area contributed by atoms with Gasteiger partial charge in [0.05, 0.1) is 18.5 Å². The first-order valence-corrected chi connectivity index (χ1v) is 6.78. The second-order valence-corrected chi connectivity index (χ2v) is 4.81. The number of nitrogen functional groups attached to an aromatic ring is 1. The van der Waals surface area contributed by atoms with E-state index in [1.807, 2.05) is 32.0 Å². The molecule has 1 heterocycles. The maximum absolute atomic E-state index is 12.0. The molecule has 0 aliphatic heterocycles. The van der Waals surface area contributed by atoms with Crippen molar-refractivity contribution in [2.45, 2.75) is 20.8 Å². The van der Waals surface area contributed by atoms with Crippen molar-refractivity contribution >= 4 is 23.2 Å². The molecular formula is C16H19N3O2. The summed E-state index contributed by atoms with van der Waals surface area (Å²) in [6.45, 7) is 6.14. The van der Waals surface area contributed by atoms with E-state index in [2.05, 4.69) is 10.3 Å². The number of benzene rings is 1. The van der Waals surface area contributed by atoms with E-state index >= 15 is 0 Å². The lowest BCUT2D eigenvalue weighted by Gasteiger charge is -2.12. The molecule has 2 aromatic rings. The molecule has 0 aliphatic carbocycles. The molecule has 2 rings (SSSR count). The quantitative estimate of drug-likeness (QED) is 0.843. The van der Waals surface area contributed by atoms with Crippen molar-refractivity contribution in [3.05, 3.63) is 47.2 Å². The number of aryl methyl sites for hydroxylation is 2. The minimum absolute atomic E-state index is 0.302. The van der Waals surface area contributed by atoms with Crippen LogP contribution in [0.15, 0.2) is 30.5 Å². The Morgan fingerprint density at radius 2 is 2.05 bits per heavy atom. The molecule has 1 aromatic carbocycles. The Morgan fingerprint density at radius 3 is 2.71 bits per heavy atom. The molecule has 3 N–H and O–H groups in total. The van der Waals surface area contributed by atoms with Gasteiger partial charge in [-0.25, -0.2) is 9.78 Å². The summed E-state index contributed by atoms with van der Waals surface area (Å²) in [5.41, 5.74) is 9.68. The van der Waals surface area contributed by atoms with Crippen LogP contribution in [-0.4, -0.2) is 17.6 Å². The summed E-state index contributed by atoms with van der Waals surface area (Å²) in [6, 6.07) is 7.52. The minimum atomic E-state index is -0.441. The largest absolute Gasteiger partial charge is 0.462 e. The summed E-state index contributed by atoms with van der Waals surface area (Å²) >= 11 is 0. The van der Waals surface area contributed by atoms with Gasteiger partial charge in [0.2, 0.25) is 0 Å². The monoisotopic (exact) mass is 285 g/mol. The van der Waals surface area contributed by atoms with Gasteiger partial charge in [0.15, 0.2) is 0 Å². The van der Waals surface area contributed by atoms with Gasteiger partial charge >= 0.3 is 5.97 Å². The molecule has 0 saturated carbocycles. The van der Waals surface area contributed by atoms with E-state index in [0.29, 0.717) is 23.7 Å². The molecule has 0 saturated heterocycles. The van der Waals surface area contributed by atoms with Crippen LogP contribution >= 0.6 is 0 Å². The molecule has 0 bridgehead atoms. The van der Waals surface area contributed by atoms with E-state index in [9.17, 15) is 4.79 Å². The molecule has 21 heavy (non-hydrogen) atoms. The Kier molecular flexibility index (Phi) is 4.42. The van der Waals surface area contributed by atoms with Gasteiger partial charge in [-0.05, 0) is 50.1 Å². The molecule has 0 spiro atoms. The Labute approximate surface area is 124 Å². The highest BCUT2D eigenvalue weighted by atomic mass is 16.5. The summed E-state index contributed by atoms with van der Waals surface area (Å²) in [6.07, 6.45) is 1.51. The number of nitrogens with zero attached hydrogens (tertiary/aromatic N) is 1. The van der Waals surface area contributed by atoms with E-state index in [1.165, 1.54) is 11.8 Å². The Bertz CT molecular complexity index is 669. The number of esters is 1. The van der Waals surface area contributed by atoms with Crippen LogP contribution in [0.3, 0.4) is 0 Å². The molecule has 0 amide bonds. The molecule has 0 aliphatic rings. The Morgan fingerprint density at radius 1 is 1.29 bits per heavy atom. The zero-order valence-electron chi connectivity index (χ0n) is 12.4. The third-order valence-electron chi connectivity index (χ3n) is 3.17. The fraction of sp³-hybridized carbons (Fsp3) is 0.250. The van der Waals surface area contributed by atoms with Gasteiger partial charge in [0, 0.05) is 5.69 Å². The van der Waals surface area contributed by atoms with Crippen molar-refractivity contribution in [1.82, 2.24) is 4.98 Å². The number of rotatable bonds is 4. The van der Waals surface area contributed by atoms with Gasteiger partial charge in [-0.15, -0.1) is 0 Å². The predicted molar refractivity (Wildman–Crippen MR) is 83.8 cm³/mol. The number of pyridine rings is 1. The summed E-state index contributed by atoms with van der Waals surface area (Å²) in [5.74, 6) is -0.00506. The highest BCUT2D eigenvalue weighted by molar-refractivity contribution is 5.96. The standard InChI is InChI=1S/C16H19N3O2/c1-4-21-16(20)14-8-12(17)9-18-15(14)19-13-6-5-10(2)11(3)7-13/h5-9H,4,17H2,1-3H3,(H,18,19). The van der Waals surface area contributed by atoms with E-state index in [0.717, 1.165) is 11.3 Å². The molecule has 0 atom stereocenters. The maximum atomic E-state index is 12.0. The van der Waals surface area contributed by atoms with Crippen molar-refractivity contribution in [2.24, 2.45) is 0 Å². The zero-order valence-corrected chi connectivity index (χ0v) is 12.4. The van der Waals surface area contributed by atoms with E-state index in [4.69, 9.17) is 10.5 Å². The van der Waals surface area contributed by atoms with Crippen molar-refractivity contribution in [2.75, 3.05) is 17.7 Å². The second kappa shape index (κ2) is 6.26. The SMILES string of the molecule is CCOC(=O)c1cc(N)cnc1Nc1ccc(C)c(C)c1. The normalized spacial score (nSPS) is 10.2. The summed E-state index contributed by atoms with van der Waals surface area (Å²) in [5, 5.41) is 3.14. The lowest BCUT2D eigenvalue weighted by atomic mass is 10.1. The number of carbonyl (C=O) groups is 1. The van der Waals surface area contributed by atoms with Crippen molar-refractivity contribution in [3.63, 3.8) is 0 Å². The lowest BCUT2D eigenvalue weighted by molar-refractivity contribution is 0.0527. The first kappa shape index (κ1) is 14.8. The third-order valence-corrected chi connectivity index (χ3v) is 3.17. The Balaban J connectivity index is 2.34. The van der Waals surface area contributed by atoms with Gasteiger partial charge in [0.25, 0.3) is 0 Å². The number of nitrogens with one attached hydrogen (secondary N) is 1. The van der Waals surface area contributed by atoms with E-state index < -0.39 is 5.97 Å². The van der Waals surface area contributed by atoms with Gasteiger partial charge in [-0.3, -0.25) is 0 Å². The van der Waals surface area contributed by atoms with Crippen molar-refractivity contribution in [3.8, 4) is 0 Å². The Hall–Kier alpha value is -2.56. The van der Waals surface area contributed by atoms with Crippen molar-refractivity contribution < 1.29 is 9.53 Å². The van der Waals surface area contributed by atoms with Crippen LogP contribution in [0.5, 0.6) is 0 Å². The highest BCUT2D eigenvalue weighted by Crippen LogP contribution is 2.23. The first-order chi connectivity index (χ1) is 10.0. The molecule has 0 unspecified atom stereocenters. The van der Waals surface area contributed by atoms with Crippen molar-refractivity contribution in [1.29, 1.82) is 0 Å². The maximum Gasteiger partial charge on any atom is 0.341 e. The average Bonchev–Trinajstić information content (AvgIpc) is 2.45. The average molecular weight is 285 g/mol. The highest BCUT2D eigenvalue weighted by Gasteiger charge is 2.15. The molecular weight excluding hydrogens is 266 g/mol. The number of hydrogen-bond acceptors (Lipinski definition) is 5. The number of anilines is 3. The van der Waals surface area contributed by atoms with Gasteiger partial charge in [-0.2, -0.15) is 0 Å². The number of carbonyl (C=O) groups excluding carboxylic acids is 1. The second-order valence-electron chi connectivity index (χ2n) is 4.81. The van der Waals surface area contributed by atoms with Crippen LogP contribution < -0.4 is 11.1 Å². The van der Waals surface area contributed by atoms with Crippen LogP contribution in [0.1, 0.15) is 28.4 Å². The molecule has 0 radical (unpaired) electrons. The molecule has 5 nitrogen and oxygen atoms in total. The lowest BCUT2D eigenvalue weighted by Crippen LogP contribution is -2.10. The molecule has 110 valence electrons. The fourth-order valence-corrected chi connectivity index (χ4v) is 1.90. The van der Waals surface area contributed by atoms with Crippen LogP contribution in [0.25, 0.3) is 0 Å². The number of ether oxygens (including phenoxy) is 1. The van der Waals surface area contributed by atoms with Crippen LogP contribution in [0.4, 0.5) is 17.2 Å². The molecule has 5 heteroatoms. The van der Waals surface area contributed by atoms with E-state index in [1.54, 1.807) is 13.0 Å². The van der Waals surface area contributed by atoms with Gasteiger partial charge in [0.1, 0.15) is 11.4 Å². The first-order valence-electron chi connectivity index (χ1n) is 6.78. The number of hydrogen-bond donors (Lipinski definition) is 2. The van der Waals surface area contributed by atoms with Gasteiger partial charge in [-0.1, -0.05) is 6.07 Å². The summed E-state index contributed by atoms with van der Waals surface area (Å²) < 4.78 is 5.03. The summed E-state index contributed by atoms with van der Waals surface area (Å²) in [7, 11) is 0. The third kappa shape index (κ3) is 3.51. The van der Waals surface area contributed by atoms with E-state index in [-0.39, 0.29) is 0 Å². The zero-order chi connectivity index (χ0) is 15.4. The topological polar surface area (TPSA) is 77.2 Å². The summed E-state index contributed by atoms with van der Waals surface area (Å²) in [4.78, 5) is 16.2. The van der Waals surface area contributed by atoms with Crippen LogP contribution in [0, 0.1) is 13.8 Å². The van der Waals surface area contributed by atoms with Crippen LogP contribution in [-0.2, 0) is 4.74 Å². The molecule has 0 fully saturated rings.